The molecule has 4 N–H and O–H groups in total. The van der Waals surface area contributed by atoms with Crippen LogP contribution < -0.4 is 11.5 Å². The van der Waals surface area contributed by atoms with E-state index in [2.05, 4.69) is 9.97 Å². The second-order valence-corrected chi connectivity index (χ2v) is 9.90. The van der Waals surface area contributed by atoms with E-state index in [-0.39, 0.29) is 17.1 Å². The van der Waals surface area contributed by atoms with Gasteiger partial charge < -0.3 is 21.3 Å². The highest BCUT2D eigenvalue weighted by Crippen LogP contribution is 2.43. The quantitative estimate of drug-likeness (QED) is 0.391. The number of primary amides is 1. The Bertz CT molecular complexity index is 1650. The molecule has 1 saturated heterocycles. The third-order valence-corrected chi connectivity index (χ3v) is 7.21. The van der Waals surface area contributed by atoms with Gasteiger partial charge in [-0.05, 0) is 66.6 Å². The van der Waals surface area contributed by atoms with Crippen LogP contribution >= 0.6 is 0 Å². The second-order valence-electron chi connectivity index (χ2n) is 9.90. The number of alkyl halides is 3. The van der Waals surface area contributed by atoms with Crippen molar-refractivity contribution in [1.29, 1.82) is 0 Å². The predicted molar refractivity (Wildman–Crippen MR) is 146 cm³/mol. The van der Waals surface area contributed by atoms with Crippen molar-refractivity contribution in [2.24, 2.45) is 5.73 Å². The van der Waals surface area contributed by atoms with Gasteiger partial charge >= 0.3 is 6.18 Å². The molecule has 206 valence electrons. The lowest BCUT2D eigenvalue weighted by molar-refractivity contribution is -0.137. The van der Waals surface area contributed by atoms with E-state index in [4.69, 9.17) is 11.5 Å². The van der Waals surface area contributed by atoms with Gasteiger partial charge in [0.25, 0.3) is 5.91 Å². The fourth-order valence-electron chi connectivity index (χ4n) is 5.06. The van der Waals surface area contributed by atoms with Crippen LogP contribution in [0.5, 0.6) is 0 Å². The Kier molecular flexibility index (Phi) is 6.92. The van der Waals surface area contributed by atoms with Gasteiger partial charge in [-0.2, -0.15) is 13.2 Å². The van der Waals surface area contributed by atoms with Crippen LogP contribution in [0.15, 0.2) is 54.7 Å². The zero-order valence-corrected chi connectivity index (χ0v) is 21.9. The van der Waals surface area contributed by atoms with E-state index in [0.717, 1.165) is 11.6 Å². The lowest BCUT2D eigenvalue weighted by atomic mass is 9.87. The number of halogens is 3. The molecule has 1 aliphatic rings. The van der Waals surface area contributed by atoms with Crippen LogP contribution in [0, 0.1) is 6.92 Å². The standard InChI is InChI=1S/C29H27F3N6O2/c1-16-3-4-18(14-22(16)17-5-8-23-19(13-17)15-35-28(34)36-23)24-20(26(33)39)6-7-21(25(24)29(30,31)32)27(40)38-11-9-37(2)10-12-38/h3-8,13-15H,9-12H2,1-2H3,(H2,33,39)(H2,34,35,36). The number of nitrogens with two attached hydrogens (primary N) is 2. The second kappa shape index (κ2) is 10.2. The number of amides is 2. The maximum atomic E-state index is 14.8. The van der Waals surface area contributed by atoms with Crippen LogP contribution in [0.1, 0.15) is 31.8 Å². The minimum Gasteiger partial charge on any atom is -0.368 e. The molecule has 0 unspecified atom stereocenters. The number of hydrogen-bond donors (Lipinski definition) is 2. The Morgan fingerprint density at radius 3 is 2.27 bits per heavy atom. The molecule has 2 amide bonds. The molecule has 2 heterocycles. The lowest BCUT2D eigenvalue weighted by Gasteiger charge is -2.33. The fourth-order valence-corrected chi connectivity index (χ4v) is 5.06. The first-order valence-electron chi connectivity index (χ1n) is 12.6. The average molecular weight is 549 g/mol. The number of aromatic nitrogens is 2. The zero-order chi connectivity index (χ0) is 28.8. The Morgan fingerprint density at radius 2 is 1.60 bits per heavy atom. The van der Waals surface area contributed by atoms with Gasteiger partial charge in [0.15, 0.2) is 0 Å². The maximum absolute atomic E-state index is 14.8. The summed E-state index contributed by atoms with van der Waals surface area (Å²) in [6, 6.07) is 12.4. The number of likely N-dealkylation sites (N-methyl/N-ethyl adjacent to an activating group) is 1. The summed E-state index contributed by atoms with van der Waals surface area (Å²) in [5, 5.41) is 0.699. The number of nitrogens with zero attached hydrogens (tertiary/aromatic N) is 4. The molecule has 40 heavy (non-hydrogen) atoms. The minimum atomic E-state index is -4.94. The Hall–Kier alpha value is -4.51. The van der Waals surface area contributed by atoms with Gasteiger partial charge in [0.2, 0.25) is 11.9 Å². The molecule has 4 aromatic rings. The van der Waals surface area contributed by atoms with Crippen LogP contribution in [0.25, 0.3) is 33.2 Å². The highest BCUT2D eigenvalue weighted by molar-refractivity contribution is 6.05. The van der Waals surface area contributed by atoms with E-state index in [1.54, 1.807) is 30.5 Å². The van der Waals surface area contributed by atoms with Gasteiger partial charge in [0.1, 0.15) is 0 Å². The summed E-state index contributed by atoms with van der Waals surface area (Å²) in [5.74, 6) is -1.64. The van der Waals surface area contributed by atoms with Crippen molar-refractivity contribution in [2.45, 2.75) is 13.1 Å². The van der Waals surface area contributed by atoms with E-state index >= 15 is 0 Å². The van der Waals surface area contributed by atoms with Gasteiger partial charge in [-0.1, -0.05) is 18.2 Å². The van der Waals surface area contributed by atoms with Gasteiger partial charge in [-0.3, -0.25) is 9.59 Å². The van der Waals surface area contributed by atoms with E-state index < -0.39 is 34.7 Å². The molecule has 0 spiro atoms. The summed E-state index contributed by atoms with van der Waals surface area (Å²) < 4.78 is 44.3. The number of aryl methyl sites for hydroxylation is 1. The molecule has 0 bridgehead atoms. The smallest absolute Gasteiger partial charge is 0.368 e. The van der Waals surface area contributed by atoms with Gasteiger partial charge in [0.05, 0.1) is 16.6 Å². The summed E-state index contributed by atoms with van der Waals surface area (Å²) in [5.41, 5.74) is 11.7. The summed E-state index contributed by atoms with van der Waals surface area (Å²) in [6.45, 7) is 3.51. The molecule has 1 aromatic heterocycles. The van der Waals surface area contributed by atoms with Crippen molar-refractivity contribution in [3.63, 3.8) is 0 Å². The van der Waals surface area contributed by atoms with Gasteiger partial charge in [-0.15, -0.1) is 0 Å². The molecule has 8 nitrogen and oxygen atoms in total. The monoisotopic (exact) mass is 548 g/mol. The van der Waals surface area contributed by atoms with Crippen LogP contribution in [0.4, 0.5) is 19.1 Å². The third-order valence-electron chi connectivity index (χ3n) is 7.21. The SMILES string of the molecule is Cc1ccc(-c2c(C(N)=O)ccc(C(=O)N3CCN(C)CC3)c2C(F)(F)F)cc1-c1ccc2nc(N)ncc2c1. The number of carbonyl (C=O) groups excluding carboxylic acids is 2. The first-order valence-corrected chi connectivity index (χ1v) is 12.6. The topological polar surface area (TPSA) is 118 Å². The van der Waals surface area contributed by atoms with Crippen molar-refractivity contribution >= 4 is 28.7 Å². The van der Waals surface area contributed by atoms with E-state index in [0.29, 0.717) is 48.2 Å². The maximum Gasteiger partial charge on any atom is 0.417 e. The largest absolute Gasteiger partial charge is 0.417 e. The van der Waals surface area contributed by atoms with Crippen molar-refractivity contribution in [2.75, 3.05) is 39.0 Å². The summed E-state index contributed by atoms with van der Waals surface area (Å²) in [4.78, 5) is 37.4. The Morgan fingerprint density at radius 1 is 0.925 bits per heavy atom. The summed E-state index contributed by atoms with van der Waals surface area (Å²) >= 11 is 0. The van der Waals surface area contributed by atoms with E-state index in [1.807, 2.05) is 24.9 Å². The van der Waals surface area contributed by atoms with Crippen molar-refractivity contribution in [3.05, 3.63) is 77.0 Å². The number of fused-ring (bicyclic) bond motifs is 1. The molecule has 0 aliphatic carbocycles. The van der Waals surface area contributed by atoms with E-state index in [1.165, 1.54) is 17.0 Å². The number of hydrogen-bond acceptors (Lipinski definition) is 6. The van der Waals surface area contributed by atoms with Gasteiger partial charge in [-0.25, -0.2) is 9.97 Å². The van der Waals surface area contributed by atoms with E-state index in [9.17, 15) is 22.8 Å². The summed E-state index contributed by atoms with van der Waals surface area (Å²) in [7, 11) is 1.88. The first-order chi connectivity index (χ1) is 18.9. The number of nitrogen functional groups attached to an aromatic ring is 1. The number of carbonyl (C=O) groups is 2. The number of benzene rings is 3. The number of anilines is 1. The lowest BCUT2D eigenvalue weighted by Crippen LogP contribution is -2.47. The molecular weight excluding hydrogens is 521 g/mol. The van der Waals surface area contributed by atoms with Gasteiger partial charge in [0, 0.05) is 48.9 Å². The average Bonchev–Trinajstić information content (AvgIpc) is 2.91. The van der Waals surface area contributed by atoms with Crippen molar-refractivity contribution < 1.29 is 22.8 Å². The van der Waals surface area contributed by atoms with Crippen molar-refractivity contribution in [3.8, 4) is 22.3 Å². The third kappa shape index (κ3) is 5.07. The molecule has 0 radical (unpaired) electrons. The molecular formula is C29H27F3N6O2. The number of rotatable bonds is 4. The summed E-state index contributed by atoms with van der Waals surface area (Å²) in [6.07, 6.45) is -3.37. The first kappa shape index (κ1) is 27.1. The highest BCUT2D eigenvalue weighted by atomic mass is 19.4. The molecule has 3 aromatic carbocycles. The molecule has 0 saturated carbocycles. The molecule has 0 atom stereocenters. The Labute approximate surface area is 228 Å². The number of piperazine rings is 1. The normalized spacial score (nSPS) is 14.5. The predicted octanol–water partition coefficient (Wildman–Crippen LogP) is 4.36. The Balaban J connectivity index is 1.70. The molecule has 5 rings (SSSR count). The fraction of sp³-hybridized carbons (Fsp3) is 0.241. The zero-order valence-electron chi connectivity index (χ0n) is 21.9. The van der Waals surface area contributed by atoms with Crippen LogP contribution in [0.3, 0.4) is 0 Å². The highest BCUT2D eigenvalue weighted by Gasteiger charge is 2.41. The van der Waals surface area contributed by atoms with Crippen LogP contribution in [0.2, 0.25) is 0 Å². The minimum absolute atomic E-state index is 0.114. The van der Waals surface area contributed by atoms with Crippen molar-refractivity contribution in [1.82, 2.24) is 19.8 Å². The van der Waals surface area contributed by atoms with Crippen LogP contribution in [-0.2, 0) is 6.18 Å². The molecule has 11 heteroatoms. The van der Waals surface area contributed by atoms with Crippen LogP contribution in [-0.4, -0.2) is 64.8 Å². The molecule has 1 aliphatic heterocycles. The molecule has 1 fully saturated rings.